The molecule has 1 N–H and O–H groups in total. The molecule has 0 aromatic heterocycles. The molecule has 1 nitrogen and oxygen atoms in total. The van der Waals surface area contributed by atoms with Gasteiger partial charge in [0.05, 0.1) is 0 Å². The zero-order valence-corrected chi connectivity index (χ0v) is 10.7. The lowest BCUT2D eigenvalue weighted by Crippen LogP contribution is -2.27. The van der Waals surface area contributed by atoms with Gasteiger partial charge in [0, 0.05) is 0 Å². The van der Waals surface area contributed by atoms with E-state index in [4.69, 9.17) is 0 Å². The molecule has 0 radical (unpaired) electrons. The van der Waals surface area contributed by atoms with Crippen molar-refractivity contribution in [3.8, 4) is 11.5 Å². The number of hydrogen-bond donors (Lipinski definition) is 1. The van der Waals surface area contributed by atoms with Gasteiger partial charge in [-0.3, -0.25) is 0 Å². The smallest absolute Gasteiger partial charge is 0.129 e. The summed E-state index contributed by atoms with van der Waals surface area (Å²) in [4.78, 5) is 0. The van der Waals surface area contributed by atoms with Gasteiger partial charge in [0.1, 0.15) is 13.7 Å². The van der Waals surface area contributed by atoms with Gasteiger partial charge in [-0.1, -0.05) is 38.4 Å². The van der Waals surface area contributed by atoms with Gasteiger partial charge in [-0.2, -0.15) is 0 Å². The lowest BCUT2D eigenvalue weighted by Gasteiger charge is -2.20. The van der Waals surface area contributed by atoms with E-state index in [-0.39, 0.29) is 0 Å². The Morgan fingerprint density at radius 2 is 1.50 bits per heavy atom. The summed E-state index contributed by atoms with van der Waals surface area (Å²) in [6, 6.07) is 0. The molecule has 0 atom stereocenters. The fourth-order valence-corrected chi connectivity index (χ4v) is 2.35. The third-order valence-electron chi connectivity index (χ3n) is 2.60. The molecule has 2 heteroatoms. The SMILES string of the molecule is C[Si](C)(C)C#CC1(O)CCCCCC1. The van der Waals surface area contributed by atoms with Crippen LogP contribution in [0.3, 0.4) is 0 Å². The van der Waals surface area contributed by atoms with E-state index in [1.54, 1.807) is 0 Å². The van der Waals surface area contributed by atoms with Crippen molar-refractivity contribution in [3.63, 3.8) is 0 Å². The van der Waals surface area contributed by atoms with Gasteiger partial charge in [0.15, 0.2) is 0 Å². The minimum atomic E-state index is -1.33. The van der Waals surface area contributed by atoms with Gasteiger partial charge in [-0.05, 0) is 25.7 Å². The topological polar surface area (TPSA) is 20.2 Å². The summed E-state index contributed by atoms with van der Waals surface area (Å²) < 4.78 is 0. The molecule has 0 saturated heterocycles. The minimum absolute atomic E-state index is 0.656. The maximum atomic E-state index is 10.3. The van der Waals surface area contributed by atoms with Gasteiger partial charge in [0.25, 0.3) is 0 Å². The zero-order valence-electron chi connectivity index (χ0n) is 9.69. The highest BCUT2D eigenvalue weighted by Crippen LogP contribution is 2.26. The predicted octanol–water partition coefficient (Wildman–Crippen LogP) is 2.95. The Labute approximate surface area is 88.9 Å². The Kier molecular flexibility index (Phi) is 3.80. The third-order valence-corrected chi connectivity index (χ3v) is 3.48. The van der Waals surface area contributed by atoms with Crippen LogP contribution in [0, 0.1) is 11.5 Å². The predicted molar refractivity (Wildman–Crippen MR) is 63.8 cm³/mol. The molecule has 0 unspecified atom stereocenters. The van der Waals surface area contributed by atoms with E-state index >= 15 is 0 Å². The van der Waals surface area contributed by atoms with Crippen LogP contribution < -0.4 is 0 Å². The second-order valence-electron chi connectivity index (χ2n) is 5.45. The lowest BCUT2D eigenvalue weighted by atomic mass is 9.96. The van der Waals surface area contributed by atoms with Crippen LogP contribution in [0.1, 0.15) is 38.5 Å². The number of rotatable bonds is 0. The first-order valence-corrected chi connectivity index (χ1v) is 9.18. The van der Waals surface area contributed by atoms with E-state index in [0.29, 0.717) is 0 Å². The molecule has 0 aromatic rings. The van der Waals surface area contributed by atoms with Crippen LogP contribution in [0.2, 0.25) is 19.6 Å². The van der Waals surface area contributed by atoms with E-state index in [1.807, 2.05) is 0 Å². The van der Waals surface area contributed by atoms with Crippen molar-refractivity contribution in [1.29, 1.82) is 0 Å². The van der Waals surface area contributed by atoms with Crippen LogP contribution in [0.5, 0.6) is 0 Å². The van der Waals surface area contributed by atoms with Crippen LogP contribution in [0.4, 0.5) is 0 Å². The van der Waals surface area contributed by atoms with Crippen LogP contribution in [-0.2, 0) is 0 Å². The third kappa shape index (κ3) is 4.30. The molecular formula is C12H22OSi. The monoisotopic (exact) mass is 210 g/mol. The summed E-state index contributed by atoms with van der Waals surface area (Å²) in [7, 11) is -1.33. The molecule has 0 heterocycles. The van der Waals surface area contributed by atoms with Gasteiger partial charge in [-0.25, -0.2) is 0 Å². The summed E-state index contributed by atoms with van der Waals surface area (Å²) in [5.74, 6) is 3.15. The molecule has 0 aliphatic heterocycles. The van der Waals surface area contributed by atoms with Gasteiger partial charge >= 0.3 is 0 Å². The van der Waals surface area contributed by atoms with E-state index in [2.05, 4.69) is 31.1 Å². The van der Waals surface area contributed by atoms with E-state index in [0.717, 1.165) is 25.7 Å². The fraction of sp³-hybridized carbons (Fsp3) is 0.833. The highest BCUT2D eigenvalue weighted by Gasteiger charge is 2.25. The van der Waals surface area contributed by atoms with Crippen molar-refractivity contribution in [2.45, 2.75) is 63.8 Å². The van der Waals surface area contributed by atoms with Crippen LogP contribution >= 0.6 is 0 Å². The molecule has 0 amide bonds. The van der Waals surface area contributed by atoms with E-state index < -0.39 is 13.7 Å². The Morgan fingerprint density at radius 3 is 1.93 bits per heavy atom. The molecule has 1 saturated carbocycles. The second kappa shape index (κ2) is 4.50. The summed E-state index contributed by atoms with van der Waals surface area (Å²) in [6.45, 7) is 6.67. The lowest BCUT2D eigenvalue weighted by molar-refractivity contribution is 0.0850. The van der Waals surface area contributed by atoms with Gasteiger partial charge < -0.3 is 5.11 Å². The van der Waals surface area contributed by atoms with Gasteiger partial charge in [0.2, 0.25) is 0 Å². The quantitative estimate of drug-likeness (QED) is 0.370. The first-order valence-electron chi connectivity index (χ1n) is 5.68. The Bertz CT molecular complexity index is 233. The second-order valence-corrected chi connectivity index (χ2v) is 10.2. The highest BCUT2D eigenvalue weighted by atomic mass is 28.3. The molecule has 14 heavy (non-hydrogen) atoms. The minimum Gasteiger partial charge on any atom is -0.378 e. The van der Waals surface area contributed by atoms with Crippen LogP contribution in [0.25, 0.3) is 0 Å². The Balaban J connectivity index is 2.66. The summed E-state index contributed by atoms with van der Waals surface area (Å²) >= 11 is 0. The molecule has 1 rings (SSSR count). The molecule has 0 bridgehead atoms. The average molecular weight is 210 g/mol. The summed E-state index contributed by atoms with van der Waals surface area (Å²) in [5.41, 5.74) is 2.64. The molecule has 1 aliphatic rings. The maximum Gasteiger partial charge on any atom is 0.129 e. The van der Waals surface area contributed by atoms with Crippen LogP contribution in [0.15, 0.2) is 0 Å². The number of aliphatic hydroxyl groups is 1. The molecule has 80 valence electrons. The summed E-state index contributed by atoms with van der Waals surface area (Å²) in [5, 5.41) is 10.3. The van der Waals surface area contributed by atoms with Crippen molar-refractivity contribution >= 4 is 8.07 Å². The summed E-state index contributed by atoms with van der Waals surface area (Å²) in [6.07, 6.45) is 6.55. The zero-order chi connectivity index (χ0) is 10.7. The van der Waals surface area contributed by atoms with E-state index in [1.165, 1.54) is 12.8 Å². The largest absolute Gasteiger partial charge is 0.378 e. The highest BCUT2D eigenvalue weighted by molar-refractivity contribution is 6.83. The van der Waals surface area contributed by atoms with Crippen molar-refractivity contribution in [2.75, 3.05) is 0 Å². The maximum absolute atomic E-state index is 10.3. The first-order chi connectivity index (χ1) is 6.41. The molecule has 1 aliphatic carbocycles. The van der Waals surface area contributed by atoms with Crippen molar-refractivity contribution in [2.24, 2.45) is 0 Å². The van der Waals surface area contributed by atoms with Crippen molar-refractivity contribution in [1.82, 2.24) is 0 Å². The molecular weight excluding hydrogens is 188 g/mol. The normalized spacial score (nSPS) is 22.0. The van der Waals surface area contributed by atoms with Crippen molar-refractivity contribution < 1.29 is 5.11 Å². The van der Waals surface area contributed by atoms with Gasteiger partial charge in [-0.15, -0.1) is 5.54 Å². The Morgan fingerprint density at radius 1 is 1.00 bits per heavy atom. The number of hydrogen-bond acceptors (Lipinski definition) is 1. The van der Waals surface area contributed by atoms with Crippen LogP contribution in [-0.4, -0.2) is 18.8 Å². The Hall–Kier alpha value is -0.263. The molecule has 0 aromatic carbocycles. The van der Waals surface area contributed by atoms with E-state index in [9.17, 15) is 5.11 Å². The standard InChI is InChI=1S/C12H22OSi/c1-14(2,3)11-10-12(13)8-6-4-5-7-9-12/h13H,4-9H2,1-3H3. The fourth-order valence-electron chi connectivity index (χ4n) is 1.74. The van der Waals surface area contributed by atoms with Crippen molar-refractivity contribution in [3.05, 3.63) is 0 Å². The molecule has 0 spiro atoms. The first kappa shape index (κ1) is 11.8. The molecule has 1 fully saturated rings. The average Bonchev–Trinajstić information content (AvgIpc) is 2.27.